The average molecular weight is 400 g/mol. The molecule has 26 heavy (non-hydrogen) atoms. The second-order valence-electron chi connectivity index (χ2n) is 8.62. The fraction of sp³-hybridized carbons (Fsp3) is 0.650. The molecule has 1 aliphatic heterocycles. The van der Waals surface area contributed by atoms with Crippen molar-refractivity contribution in [2.24, 2.45) is 5.41 Å². The first-order valence-electron chi connectivity index (χ1n) is 9.16. The molecule has 1 saturated carbocycles. The van der Waals surface area contributed by atoms with Gasteiger partial charge in [-0.05, 0) is 57.7 Å². The number of hydrogen-bond donors (Lipinski definition) is 1. The van der Waals surface area contributed by atoms with Crippen LogP contribution < -0.4 is 0 Å². The zero-order valence-electron chi connectivity index (χ0n) is 15.8. The monoisotopic (exact) mass is 399 g/mol. The summed E-state index contributed by atoms with van der Waals surface area (Å²) in [5, 5.41) is 11.9. The van der Waals surface area contributed by atoms with Gasteiger partial charge in [0, 0.05) is 23.9 Å². The van der Waals surface area contributed by atoms with Crippen molar-refractivity contribution in [2.45, 2.75) is 64.1 Å². The van der Waals surface area contributed by atoms with Gasteiger partial charge >= 0.3 is 6.09 Å². The van der Waals surface area contributed by atoms with E-state index in [-0.39, 0.29) is 16.9 Å². The molecule has 0 radical (unpaired) electrons. The first-order chi connectivity index (χ1) is 12.0. The summed E-state index contributed by atoms with van der Waals surface area (Å²) in [7, 11) is 0. The molecule has 1 amide bonds. The number of fused-ring (bicyclic) bond motifs is 1. The average Bonchev–Trinajstić information content (AvgIpc) is 3.26. The zero-order valence-corrected chi connectivity index (χ0v) is 17.3. The third-order valence-corrected chi connectivity index (χ3v) is 6.61. The number of carbonyl (C=O) groups excluding carboxylic acids is 1. The molecule has 2 aliphatic rings. The number of halogens is 2. The fourth-order valence-electron chi connectivity index (χ4n) is 4.53. The van der Waals surface area contributed by atoms with E-state index >= 15 is 0 Å². The summed E-state index contributed by atoms with van der Waals surface area (Å²) < 4.78 is 5.54. The lowest BCUT2D eigenvalue weighted by atomic mass is 9.77. The van der Waals surface area contributed by atoms with Crippen LogP contribution in [0.25, 0.3) is 0 Å². The highest BCUT2D eigenvalue weighted by atomic mass is 35.5. The SMILES string of the molecule is CCC(O)C12CN(C(=O)OC(C)(C)C)CCC1(c1ccc(Cl)c(Cl)c1)C2. The minimum Gasteiger partial charge on any atom is -0.444 e. The van der Waals surface area contributed by atoms with Crippen molar-refractivity contribution in [3.8, 4) is 0 Å². The predicted molar refractivity (Wildman–Crippen MR) is 104 cm³/mol. The van der Waals surface area contributed by atoms with E-state index in [1.165, 1.54) is 0 Å². The van der Waals surface area contributed by atoms with Gasteiger partial charge in [0.15, 0.2) is 0 Å². The van der Waals surface area contributed by atoms with Gasteiger partial charge in [0.05, 0.1) is 16.1 Å². The van der Waals surface area contributed by atoms with E-state index in [0.717, 1.165) is 18.4 Å². The van der Waals surface area contributed by atoms with Crippen molar-refractivity contribution in [1.82, 2.24) is 4.90 Å². The van der Waals surface area contributed by atoms with E-state index in [1.807, 2.05) is 45.9 Å². The molecule has 3 unspecified atom stereocenters. The van der Waals surface area contributed by atoms with Gasteiger partial charge < -0.3 is 14.7 Å². The molecule has 1 saturated heterocycles. The van der Waals surface area contributed by atoms with Crippen LogP contribution in [0, 0.1) is 5.41 Å². The molecular formula is C20H27Cl2NO3. The first-order valence-corrected chi connectivity index (χ1v) is 9.92. The number of hydrogen-bond acceptors (Lipinski definition) is 3. The van der Waals surface area contributed by atoms with Gasteiger partial charge in [-0.2, -0.15) is 0 Å². The van der Waals surface area contributed by atoms with Crippen LogP contribution in [0.1, 0.15) is 52.5 Å². The molecule has 3 atom stereocenters. The lowest BCUT2D eigenvalue weighted by Crippen LogP contribution is -2.50. The minimum absolute atomic E-state index is 0.158. The smallest absolute Gasteiger partial charge is 0.410 e. The summed E-state index contributed by atoms with van der Waals surface area (Å²) in [6, 6.07) is 5.73. The number of ether oxygens (including phenoxy) is 1. The summed E-state index contributed by atoms with van der Waals surface area (Å²) in [6.07, 6.45) is 1.47. The number of amides is 1. The molecule has 4 nitrogen and oxygen atoms in total. The Bertz CT molecular complexity index is 717. The minimum atomic E-state index is -0.532. The van der Waals surface area contributed by atoms with Crippen LogP contribution in [-0.2, 0) is 10.2 Å². The number of benzene rings is 1. The van der Waals surface area contributed by atoms with Crippen molar-refractivity contribution in [3.63, 3.8) is 0 Å². The summed E-state index contributed by atoms with van der Waals surface area (Å²) in [5.41, 5.74) is 0.0572. The highest BCUT2D eigenvalue weighted by Crippen LogP contribution is 2.71. The lowest BCUT2D eigenvalue weighted by molar-refractivity contribution is -0.00750. The third kappa shape index (κ3) is 3.21. The Morgan fingerprint density at radius 3 is 2.62 bits per heavy atom. The van der Waals surface area contributed by atoms with Crippen LogP contribution >= 0.6 is 23.2 Å². The third-order valence-electron chi connectivity index (χ3n) is 5.88. The fourth-order valence-corrected chi connectivity index (χ4v) is 4.83. The Hall–Kier alpha value is -0.970. The molecule has 2 fully saturated rings. The molecule has 0 aromatic heterocycles. The Kier molecular flexibility index (Phi) is 5.00. The van der Waals surface area contributed by atoms with Crippen LogP contribution in [0.2, 0.25) is 10.0 Å². The first kappa shape index (κ1) is 19.8. The number of nitrogens with zero attached hydrogens (tertiary/aromatic N) is 1. The molecule has 1 N–H and O–H groups in total. The van der Waals surface area contributed by atoms with Crippen LogP contribution in [0.4, 0.5) is 4.79 Å². The highest BCUT2D eigenvalue weighted by molar-refractivity contribution is 6.42. The van der Waals surface area contributed by atoms with Gasteiger partial charge in [-0.3, -0.25) is 0 Å². The van der Waals surface area contributed by atoms with E-state index in [0.29, 0.717) is 29.6 Å². The topological polar surface area (TPSA) is 49.8 Å². The van der Waals surface area contributed by atoms with Gasteiger partial charge in [0.25, 0.3) is 0 Å². The molecule has 0 spiro atoms. The summed E-state index contributed by atoms with van der Waals surface area (Å²) in [4.78, 5) is 14.3. The van der Waals surface area contributed by atoms with E-state index in [9.17, 15) is 9.90 Å². The van der Waals surface area contributed by atoms with Gasteiger partial charge in [-0.15, -0.1) is 0 Å². The molecule has 144 valence electrons. The van der Waals surface area contributed by atoms with Crippen LogP contribution in [0.5, 0.6) is 0 Å². The van der Waals surface area contributed by atoms with Gasteiger partial charge in [0.2, 0.25) is 0 Å². The van der Waals surface area contributed by atoms with Crippen LogP contribution in [-0.4, -0.2) is 40.9 Å². The Balaban J connectivity index is 1.89. The molecule has 3 rings (SSSR count). The highest BCUT2D eigenvalue weighted by Gasteiger charge is 2.72. The van der Waals surface area contributed by atoms with E-state index in [2.05, 4.69) is 0 Å². The summed E-state index contributed by atoms with van der Waals surface area (Å²) in [5.74, 6) is 0. The number of rotatable bonds is 3. The van der Waals surface area contributed by atoms with Crippen molar-refractivity contribution >= 4 is 29.3 Å². The Labute approximate surface area is 165 Å². The van der Waals surface area contributed by atoms with E-state index < -0.39 is 11.7 Å². The predicted octanol–water partition coefficient (Wildman–Crippen LogP) is 5.03. The second kappa shape index (κ2) is 6.57. The van der Waals surface area contributed by atoms with E-state index in [4.69, 9.17) is 27.9 Å². The zero-order chi connectivity index (χ0) is 19.3. The van der Waals surface area contributed by atoms with E-state index in [1.54, 1.807) is 4.90 Å². The van der Waals surface area contributed by atoms with Crippen molar-refractivity contribution in [1.29, 1.82) is 0 Å². The largest absolute Gasteiger partial charge is 0.444 e. The maximum Gasteiger partial charge on any atom is 0.410 e. The van der Waals surface area contributed by atoms with Gasteiger partial charge in [-0.1, -0.05) is 36.2 Å². The molecule has 6 heteroatoms. The summed E-state index contributed by atoms with van der Waals surface area (Å²) >= 11 is 12.3. The Morgan fingerprint density at radius 1 is 1.35 bits per heavy atom. The molecule has 1 heterocycles. The summed E-state index contributed by atoms with van der Waals surface area (Å²) in [6.45, 7) is 8.67. The molecule has 1 aliphatic carbocycles. The second-order valence-corrected chi connectivity index (χ2v) is 9.43. The lowest BCUT2D eigenvalue weighted by Gasteiger charge is -2.40. The van der Waals surface area contributed by atoms with Crippen LogP contribution in [0.15, 0.2) is 18.2 Å². The maximum absolute atomic E-state index is 12.6. The number of carbonyl (C=O) groups is 1. The number of aliphatic hydroxyl groups is 1. The maximum atomic E-state index is 12.6. The number of aliphatic hydroxyl groups excluding tert-OH is 1. The Morgan fingerprint density at radius 2 is 2.04 bits per heavy atom. The standard InChI is InChI=1S/C20H27Cl2NO3/c1-5-16(24)20-11-19(20,13-6-7-14(21)15(22)10-13)8-9-23(12-20)17(25)26-18(2,3)4/h6-7,10,16,24H,5,8-9,11-12H2,1-4H3. The molecular weight excluding hydrogens is 373 g/mol. The normalized spacial score (nSPS) is 29.1. The molecule has 0 bridgehead atoms. The van der Waals surface area contributed by atoms with Crippen LogP contribution in [0.3, 0.4) is 0 Å². The van der Waals surface area contributed by atoms with Crippen molar-refractivity contribution in [3.05, 3.63) is 33.8 Å². The quantitative estimate of drug-likeness (QED) is 0.774. The van der Waals surface area contributed by atoms with Crippen molar-refractivity contribution in [2.75, 3.05) is 13.1 Å². The molecule has 1 aromatic rings. The van der Waals surface area contributed by atoms with Gasteiger partial charge in [0.1, 0.15) is 5.60 Å². The number of piperidine rings is 1. The van der Waals surface area contributed by atoms with Crippen molar-refractivity contribution < 1.29 is 14.6 Å². The molecule has 1 aromatic carbocycles. The van der Waals surface area contributed by atoms with Gasteiger partial charge in [-0.25, -0.2) is 4.79 Å². The number of likely N-dealkylation sites (tertiary alicyclic amines) is 1.